The van der Waals surface area contributed by atoms with Gasteiger partial charge in [0.2, 0.25) is 5.91 Å². The molecule has 1 amide bonds. The highest BCUT2D eigenvalue weighted by atomic mass is 35.5. The number of rotatable bonds is 6. The Morgan fingerprint density at radius 2 is 1.85 bits per heavy atom. The molecule has 1 fully saturated rings. The van der Waals surface area contributed by atoms with Crippen molar-refractivity contribution >= 4 is 29.1 Å². The van der Waals surface area contributed by atoms with Gasteiger partial charge < -0.3 is 4.90 Å². The zero-order valence-corrected chi connectivity index (χ0v) is 17.1. The second-order valence-corrected chi connectivity index (χ2v) is 8.02. The SMILES string of the molecule is C=CCC1CC(c2cccc(Cl)c2)C(c2ccc(Cl)cc2)N(CCC)C1=O. The zero-order chi connectivity index (χ0) is 19.4. The van der Waals surface area contributed by atoms with E-state index in [1.165, 1.54) is 5.56 Å². The summed E-state index contributed by atoms with van der Waals surface area (Å²) in [6.07, 6.45) is 4.26. The minimum absolute atomic E-state index is 0.0192. The molecule has 2 aromatic carbocycles. The lowest BCUT2D eigenvalue weighted by molar-refractivity contribution is -0.143. The second kappa shape index (κ2) is 8.95. The minimum Gasteiger partial charge on any atom is -0.335 e. The number of carbonyl (C=O) groups is 1. The van der Waals surface area contributed by atoms with Crippen molar-refractivity contribution in [3.63, 3.8) is 0 Å². The highest BCUT2D eigenvalue weighted by molar-refractivity contribution is 6.30. The van der Waals surface area contributed by atoms with Crippen molar-refractivity contribution in [2.45, 2.75) is 38.1 Å². The van der Waals surface area contributed by atoms with Gasteiger partial charge in [-0.05, 0) is 54.7 Å². The van der Waals surface area contributed by atoms with E-state index in [4.69, 9.17) is 23.2 Å². The fourth-order valence-electron chi connectivity index (χ4n) is 4.14. The normalized spacial score (nSPS) is 22.7. The molecule has 0 saturated carbocycles. The average molecular weight is 402 g/mol. The Morgan fingerprint density at radius 1 is 1.11 bits per heavy atom. The van der Waals surface area contributed by atoms with Gasteiger partial charge in [0.1, 0.15) is 0 Å². The number of hydrogen-bond acceptors (Lipinski definition) is 1. The van der Waals surface area contributed by atoms with Gasteiger partial charge in [0.05, 0.1) is 6.04 Å². The van der Waals surface area contributed by atoms with Gasteiger partial charge in [-0.3, -0.25) is 4.79 Å². The van der Waals surface area contributed by atoms with Crippen LogP contribution in [-0.2, 0) is 4.79 Å². The number of benzene rings is 2. The molecule has 1 heterocycles. The fraction of sp³-hybridized carbons (Fsp3) is 0.348. The van der Waals surface area contributed by atoms with Gasteiger partial charge in [0.15, 0.2) is 0 Å². The second-order valence-electron chi connectivity index (χ2n) is 7.15. The van der Waals surface area contributed by atoms with Gasteiger partial charge in [-0.1, -0.05) is 60.5 Å². The van der Waals surface area contributed by atoms with Crippen LogP contribution in [-0.4, -0.2) is 17.4 Å². The van der Waals surface area contributed by atoms with Gasteiger partial charge in [-0.15, -0.1) is 6.58 Å². The van der Waals surface area contributed by atoms with Crippen LogP contribution in [0.15, 0.2) is 61.2 Å². The maximum absolute atomic E-state index is 13.2. The predicted octanol–water partition coefficient (Wildman–Crippen LogP) is 6.65. The molecular formula is C23H25Cl2NO. The van der Waals surface area contributed by atoms with E-state index >= 15 is 0 Å². The van der Waals surface area contributed by atoms with Gasteiger partial charge in [-0.25, -0.2) is 0 Å². The number of nitrogens with zero attached hydrogens (tertiary/aromatic N) is 1. The molecule has 3 rings (SSSR count). The van der Waals surface area contributed by atoms with E-state index < -0.39 is 0 Å². The van der Waals surface area contributed by atoms with Gasteiger partial charge in [-0.2, -0.15) is 0 Å². The van der Waals surface area contributed by atoms with Crippen LogP contribution in [0.25, 0.3) is 0 Å². The Labute approximate surface area is 171 Å². The van der Waals surface area contributed by atoms with Crippen LogP contribution in [0.2, 0.25) is 10.0 Å². The summed E-state index contributed by atoms with van der Waals surface area (Å²) < 4.78 is 0. The van der Waals surface area contributed by atoms with Crippen molar-refractivity contribution in [2.24, 2.45) is 5.92 Å². The molecular weight excluding hydrogens is 377 g/mol. The molecule has 2 nitrogen and oxygen atoms in total. The van der Waals surface area contributed by atoms with Crippen LogP contribution >= 0.6 is 23.2 Å². The first-order chi connectivity index (χ1) is 13.0. The lowest BCUT2D eigenvalue weighted by Gasteiger charge is -2.45. The van der Waals surface area contributed by atoms with E-state index in [9.17, 15) is 4.79 Å². The Balaban J connectivity index is 2.09. The number of allylic oxidation sites excluding steroid dienone is 1. The Hall–Kier alpha value is -1.77. The number of amides is 1. The molecule has 0 spiro atoms. The molecule has 0 aromatic heterocycles. The molecule has 1 saturated heterocycles. The summed E-state index contributed by atoms with van der Waals surface area (Å²) in [7, 11) is 0. The maximum atomic E-state index is 13.2. The van der Waals surface area contributed by atoms with Crippen LogP contribution in [0, 0.1) is 5.92 Å². The highest BCUT2D eigenvalue weighted by Gasteiger charge is 2.42. The van der Waals surface area contributed by atoms with Gasteiger partial charge >= 0.3 is 0 Å². The number of likely N-dealkylation sites (tertiary alicyclic amines) is 1. The van der Waals surface area contributed by atoms with Gasteiger partial charge in [0, 0.05) is 28.4 Å². The maximum Gasteiger partial charge on any atom is 0.226 e. The topological polar surface area (TPSA) is 20.3 Å². The largest absolute Gasteiger partial charge is 0.335 e. The first-order valence-electron chi connectivity index (χ1n) is 9.47. The first kappa shape index (κ1) is 20.0. The summed E-state index contributed by atoms with van der Waals surface area (Å²) in [5, 5.41) is 1.42. The van der Waals surface area contributed by atoms with E-state index in [2.05, 4.69) is 19.6 Å². The molecule has 0 aliphatic carbocycles. The van der Waals surface area contributed by atoms with E-state index in [0.29, 0.717) is 11.4 Å². The van der Waals surface area contributed by atoms with E-state index in [-0.39, 0.29) is 23.8 Å². The summed E-state index contributed by atoms with van der Waals surface area (Å²) in [6.45, 7) is 6.69. The number of carbonyl (C=O) groups excluding carboxylic acids is 1. The van der Waals surface area contributed by atoms with Crippen LogP contribution in [0.5, 0.6) is 0 Å². The van der Waals surface area contributed by atoms with Crippen molar-refractivity contribution in [3.8, 4) is 0 Å². The number of piperidine rings is 1. The van der Waals surface area contributed by atoms with E-state index in [1.54, 1.807) is 0 Å². The number of halogens is 2. The standard InChI is InChI=1S/C23H25Cl2NO/c1-3-6-18-15-21(17-7-5-8-20(25)14-17)22(26(13-4-2)23(18)27)16-9-11-19(24)12-10-16/h3,5,7-12,14,18,21-22H,1,4,6,13,15H2,2H3. The summed E-state index contributed by atoms with van der Waals surface area (Å²) in [5.74, 6) is 0.357. The van der Waals surface area contributed by atoms with Crippen LogP contribution in [0.1, 0.15) is 49.3 Å². The van der Waals surface area contributed by atoms with Gasteiger partial charge in [0.25, 0.3) is 0 Å². The Kier molecular flexibility index (Phi) is 6.62. The van der Waals surface area contributed by atoms with Crippen LogP contribution in [0.4, 0.5) is 0 Å². The van der Waals surface area contributed by atoms with Crippen molar-refractivity contribution < 1.29 is 4.79 Å². The molecule has 0 radical (unpaired) electrons. The summed E-state index contributed by atoms with van der Waals surface area (Å²) in [4.78, 5) is 15.3. The van der Waals surface area contributed by atoms with Crippen molar-refractivity contribution in [2.75, 3.05) is 6.54 Å². The van der Waals surface area contributed by atoms with E-state index in [1.807, 2.05) is 53.4 Å². The lowest BCUT2D eigenvalue weighted by Crippen LogP contribution is -2.47. The molecule has 1 aliphatic heterocycles. The Morgan fingerprint density at radius 3 is 2.48 bits per heavy atom. The Bertz CT molecular complexity index is 802. The third-order valence-corrected chi connectivity index (χ3v) is 5.78. The fourth-order valence-corrected chi connectivity index (χ4v) is 4.47. The molecule has 0 bridgehead atoms. The molecule has 0 N–H and O–H groups in total. The molecule has 3 unspecified atom stereocenters. The third kappa shape index (κ3) is 4.39. The molecule has 4 heteroatoms. The lowest BCUT2D eigenvalue weighted by atomic mass is 9.75. The minimum atomic E-state index is -0.0402. The van der Waals surface area contributed by atoms with Crippen LogP contribution in [0.3, 0.4) is 0 Å². The predicted molar refractivity (Wildman–Crippen MR) is 113 cm³/mol. The first-order valence-corrected chi connectivity index (χ1v) is 10.2. The third-order valence-electron chi connectivity index (χ3n) is 5.29. The van der Waals surface area contributed by atoms with Crippen molar-refractivity contribution in [1.29, 1.82) is 0 Å². The monoisotopic (exact) mass is 401 g/mol. The average Bonchev–Trinajstić information content (AvgIpc) is 2.66. The van der Waals surface area contributed by atoms with Crippen molar-refractivity contribution in [1.82, 2.24) is 4.90 Å². The summed E-state index contributed by atoms with van der Waals surface area (Å²) in [6, 6.07) is 15.9. The molecule has 27 heavy (non-hydrogen) atoms. The molecule has 3 atom stereocenters. The van der Waals surface area contributed by atoms with E-state index in [0.717, 1.165) is 30.0 Å². The highest BCUT2D eigenvalue weighted by Crippen LogP contribution is 2.46. The smallest absolute Gasteiger partial charge is 0.226 e. The van der Waals surface area contributed by atoms with Crippen LogP contribution < -0.4 is 0 Å². The van der Waals surface area contributed by atoms with Crippen molar-refractivity contribution in [3.05, 3.63) is 82.4 Å². The molecule has 1 aliphatic rings. The summed E-state index contributed by atoms with van der Waals surface area (Å²) >= 11 is 12.4. The molecule has 2 aromatic rings. The zero-order valence-electron chi connectivity index (χ0n) is 15.6. The quantitative estimate of drug-likeness (QED) is 0.495. The summed E-state index contributed by atoms with van der Waals surface area (Å²) in [5.41, 5.74) is 2.29. The molecule has 142 valence electrons. The number of hydrogen-bond donors (Lipinski definition) is 0.